The van der Waals surface area contributed by atoms with Crippen LogP contribution in [0.3, 0.4) is 0 Å². The molecule has 2 N–H and O–H groups in total. The first-order chi connectivity index (χ1) is 8.70. The van der Waals surface area contributed by atoms with Gasteiger partial charge in [0, 0.05) is 27.2 Å². The van der Waals surface area contributed by atoms with Crippen molar-refractivity contribution in [3.63, 3.8) is 0 Å². The summed E-state index contributed by atoms with van der Waals surface area (Å²) >= 11 is 0. The highest BCUT2D eigenvalue weighted by atomic mass is 127. The van der Waals surface area contributed by atoms with Gasteiger partial charge in [-0.25, -0.2) is 0 Å². The zero-order valence-electron chi connectivity index (χ0n) is 13.0. The van der Waals surface area contributed by atoms with Crippen LogP contribution in [0.25, 0.3) is 0 Å². The average molecular weight is 385 g/mol. The minimum Gasteiger partial charge on any atom is -0.383 e. The van der Waals surface area contributed by atoms with Crippen molar-refractivity contribution >= 4 is 29.9 Å². The second-order valence-electron chi connectivity index (χ2n) is 5.02. The van der Waals surface area contributed by atoms with Gasteiger partial charge in [0.2, 0.25) is 0 Å². The van der Waals surface area contributed by atoms with Gasteiger partial charge in [-0.15, -0.1) is 24.0 Å². The summed E-state index contributed by atoms with van der Waals surface area (Å²) in [7, 11) is 3.50. The SMILES string of the molecule is CN=C(NCCCCCCC(C)C)NCCOC.I. The molecule has 0 aromatic carbocycles. The van der Waals surface area contributed by atoms with E-state index in [0.29, 0.717) is 6.61 Å². The standard InChI is InChI=1S/C14H31N3O.HI/c1-13(2)9-7-5-6-8-10-16-14(15-3)17-11-12-18-4;/h13H,5-12H2,1-4H3,(H2,15,16,17);1H. The van der Waals surface area contributed by atoms with Crippen LogP contribution in [0.2, 0.25) is 0 Å². The second kappa shape index (κ2) is 16.0. The van der Waals surface area contributed by atoms with Crippen molar-refractivity contribution in [1.29, 1.82) is 0 Å². The van der Waals surface area contributed by atoms with E-state index in [9.17, 15) is 0 Å². The number of nitrogens with zero attached hydrogens (tertiary/aromatic N) is 1. The zero-order chi connectivity index (χ0) is 13.6. The normalized spacial score (nSPS) is 11.3. The molecule has 116 valence electrons. The Hall–Kier alpha value is -0.0400. The molecule has 0 aliphatic rings. The van der Waals surface area contributed by atoms with Crippen LogP contribution in [0.15, 0.2) is 4.99 Å². The Balaban J connectivity index is 0. The monoisotopic (exact) mass is 385 g/mol. The van der Waals surface area contributed by atoms with Gasteiger partial charge in [0.05, 0.1) is 6.61 Å². The first-order valence-electron chi connectivity index (χ1n) is 7.14. The van der Waals surface area contributed by atoms with Crippen LogP contribution in [0.5, 0.6) is 0 Å². The smallest absolute Gasteiger partial charge is 0.191 e. The number of halogens is 1. The summed E-state index contributed by atoms with van der Waals surface area (Å²) in [5.41, 5.74) is 0. The topological polar surface area (TPSA) is 45.7 Å². The van der Waals surface area contributed by atoms with Crippen molar-refractivity contribution in [2.45, 2.75) is 46.0 Å². The van der Waals surface area contributed by atoms with Crippen LogP contribution < -0.4 is 10.6 Å². The van der Waals surface area contributed by atoms with Crippen LogP contribution in [-0.4, -0.2) is 39.8 Å². The lowest BCUT2D eigenvalue weighted by atomic mass is 10.0. The molecule has 0 amide bonds. The third-order valence-electron chi connectivity index (χ3n) is 2.82. The summed E-state index contributed by atoms with van der Waals surface area (Å²) in [5.74, 6) is 1.71. The number of unbranched alkanes of at least 4 members (excludes halogenated alkanes) is 3. The molecule has 0 heterocycles. The molecular formula is C14H32IN3O. The highest BCUT2D eigenvalue weighted by Crippen LogP contribution is 2.08. The van der Waals surface area contributed by atoms with Crippen molar-refractivity contribution in [3.05, 3.63) is 0 Å². The number of nitrogens with one attached hydrogen (secondary N) is 2. The van der Waals surface area contributed by atoms with Gasteiger partial charge in [-0.2, -0.15) is 0 Å². The highest BCUT2D eigenvalue weighted by Gasteiger charge is 1.97. The molecule has 0 aromatic heterocycles. The number of guanidine groups is 1. The lowest BCUT2D eigenvalue weighted by Crippen LogP contribution is -2.39. The minimum absolute atomic E-state index is 0. The quantitative estimate of drug-likeness (QED) is 0.263. The van der Waals surface area contributed by atoms with Gasteiger partial charge in [-0.3, -0.25) is 4.99 Å². The van der Waals surface area contributed by atoms with Gasteiger partial charge in [-0.05, 0) is 12.3 Å². The maximum atomic E-state index is 4.98. The van der Waals surface area contributed by atoms with Gasteiger partial charge in [0.25, 0.3) is 0 Å². The van der Waals surface area contributed by atoms with Crippen molar-refractivity contribution in [2.24, 2.45) is 10.9 Å². The molecule has 0 aliphatic heterocycles. The number of rotatable bonds is 10. The van der Waals surface area contributed by atoms with Gasteiger partial charge in [0.15, 0.2) is 5.96 Å². The molecule has 0 rings (SSSR count). The average Bonchev–Trinajstić information content (AvgIpc) is 2.35. The van der Waals surface area contributed by atoms with Crippen molar-refractivity contribution in [2.75, 3.05) is 33.9 Å². The maximum Gasteiger partial charge on any atom is 0.191 e. The van der Waals surface area contributed by atoms with Gasteiger partial charge in [-0.1, -0.05) is 39.5 Å². The van der Waals surface area contributed by atoms with Crippen LogP contribution in [0, 0.1) is 5.92 Å². The van der Waals surface area contributed by atoms with Crippen LogP contribution in [-0.2, 0) is 4.74 Å². The maximum absolute atomic E-state index is 4.98. The lowest BCUT2D eigenvalue weighted by molar-refractivity contribution is 0.203. The Kier molecular flexibility index (Phi) is 17.9. The Morgan fingerprint density at radius 1 is 1.05 bits per heavy atom. The minimum atomic E-state index is 0. The number of hydrogen-bond acceptors (Lipinski definition) is 2. The third-order valence-corrected chi connectivity index (χ3v) is 2.82. The van der Waals surface area contributed by atoms with Crippen LogP contribution in [0.4, 0.5) is 0 Å². The van der Waals surface area contributed by atoms with E-state index in [1.54, 1.807) is 14.2 Å². The van der Waals surface area contributed by atoms with Gasteiger partial charge < -0.3 is 15.4 Å². The van der Waals surface area contributed by atoms with Crippen molar-refractivity contribution in [3.8, 4) is 0 Å². The van der Waals surface area contributed by atoms with E-state index in [1.807, 2.05) is 0 Å². The molecule has 0 fully saturated rings. The van der Waals surface area contributed by atoms with Crippen LogP contribution in [0.1, 0.15) is 46.0 Å². The summed E-state index contributed by atoms with van der Waals surface area (Å²) in [6, 6.07) is 0. The molecule has 0 atom stereocenters. The van der Waals surface area contributed by atoms with Crippen molar-refractivity contribution < 1.29 is 4.74 Å². The first kappa shape index (κ1) is 21.3. The highest BCUT2D eigenvalue weighted by molar-refractivity contribution is 14.0. The number of aliphatic imine (C=N–C) groups is 1. The number of ether oxygens (including phenoxy) is 1. The fourth-order valence-corrected chi connectivity index (χ4v) is 1.73. The number of methoxy groups -OCH3 is 1. The van der Waals surface area contributed by atoms with E-state index in [0.717, 1.165) is 25.0 Å². The van der Waals surface area contributed by atoms with E-state index in [1.165, 1.54) is 32.1 Å². The first-order valence-corrected chi connectivity index (χ1v) is 7.14. The predicted octanol–water partition coefficient (Wildman–Crippen LogP) is 3.02. The Labute approximate surface area is 136 Å². The van der Waals surface area contributed by atoms with E-state index in [2.05, 4.69) is 29.5 Å². The fourth-order valence-electron chi connectivity index (χ4n) is 1.73. The summed E-state index contributed by atoms with van der Waals surface area (Å²) < 4.78 is 4.98. The van der Waals surface area contributed by atoms with Crippen LogP contribution >= 0.6 is 24.0 Å². The molecule has 0 spiro atoms. The van der Waals surface area contributed by atoms with E-state index < -0.39 is 0 Å². The largest absolute Gasteiger partial charge is 0.383 e. The second-order valence-corrected chi connectivity index (χ2v) is 5.02. The molecule has 0 radical (unpaired) electrons. The fraction of sp³-hybridized carbons (Fsp3) is 0.929. The van der Waals surface area contributed by atoms with E-state index >= 15 is 0 Å². The van der Waals surface area contributed by atoms with Gasteiger partial charge >= 0.3 is 0 Å². The third kappa shape index (κ3) is 15.9. The molecule has 0 aromatic rings. The summed E-state index contributed by atoms with van der Waals surface area (Å²) in [5, 5.41) is 6.51. The molecule has 0 bridgehead atoms. The number of hydrogen-bond donors (Lipinski definition) is 2. The zero-order valence-corrected chi connectivity index (χ0v) is 15.3. The molecule has 0 saturated heterocycles. The molecule has 0 aliphatic carbocycles. The summed E-state index contributed by atoms with van der Waals surface area (Å²) in [6.07, 6.45) is 6.57. The Morgan fingerprint density at radius 2 is 1.68 bits per heavy atom. The summed E-state index contributed by atoms with van der Waals surface area (Å²) in [4.78, 5) is 4.16. The molecule has 4 nitrogen and oxygen atoms in total. The Morgan fingerprint density at radius 3 is 2.26 bits per heavy atom. The molecule has 5 heteroatoms. The Bertz CT molecular complexity index is 211. The molecule has 0 unspecified atom stereocenters. The van der Waals surface area contributed by atoms with E-state index in [4.69, 9.17) is 4.74 Å². The molecule has 19 heavy (non-hydrogen) atoms. The molecular weight excluding hydrogens is 353 g/mol. The van der Waals surface area contributed by atoms with Crippen molar-refractivity contribution in [1.82, 2.24) is 10.6 Å². The van der Waals surface area contributed by atoms with E-state index in [-0.39, 0.29) is 24.0 Å². The lowest BCUT2D eigenvalue weighted by Gasteiger charge is -2.11. The summed E-state index contributed by atoms with van der Waals surface area (Å²) in [6.45, 7) is 7.07. The predicted molar refractivity (Wildman–Crippen MR) is 94.6 cm³/mol. The van der Waals surface area contributed by atoms with Gasteiger partial charge in [0.1, 0.15) is 0 Å². The molecule has 0 saturated carbocycles.